The Kier molecular flexibility index (Phi) is 5.93. The highest BCUT2D eigenvalue weighted by molar-refractivity contribution is 5.96. The van der Waals surface area contributed by atoms with Gasteiger partial charge in [0.1, 0.15) is 5.82 Å². The highest BCUT2D eigenvalue weighted by Gasteiger charge is 2.45. The molecule has 2 unspecified atom stereocenters. The lowest BCUT2D eigenvalue weighted by atomic mass is 9.94. The fourth-order valence-electron chi connectivity index (χ4n) is 6.44. The standard InChI is InChI=1S/C29H33FN6O2/c1-17-6-28(30)27(29(37)34-19-2-3-19)10-26(17)18-11-32-35(14-18)24-9-21(12-31-13-24)33-20-7-22-4-5-23(8-20)36(22)25-15-38-16-25/h6,9-14,19-20,22-23,25,33H,2-5,7-8,15-16H2,1H3,(H,34,37). The summed E-state index contributed by atoms with van der Waals surface area (Å²) in [6.07, 6.45) is 14.1. The predicted octanol–water partition coefficient (Wildman–Crippen LogP) is 4.08. The Labute approximate surface area is 221 Å². The molecule has 4 aliphatic rings. The molecule has 8 nitrogen and oxygen atoms in total. The van der Waals surface area contributed by atoms with Crippen LogP contribution < -0.4 is 10.6 Å². The molecule has 38 heavy (non-hydrogen) atoms. The molecular weight excluding hydrogens is 483 g/mol. The van der Waals surface area contributed by atoms with Crippen molar-refractivity contribution in [1.82, 2.24) is 25.0 Å². The lowest BCUT2D eigenvalue weighted by Crippen LogP contribution is -2.58. The van der Waals surface area contributed by atoms with Gasteiger partial charge in [0, 0.05) is 35.9 Å². The van der Waals surface area contributed by atoms with Gasteiger partial charge in [-0.15, -0.1) is 0 Å². The minimum atomic E-state index is -0.500. The van der Waals surface area contributed by atoms with Crippen LogP contribution in [0.5, 0.6) is 0 Å². The summed E-state index contributed by atoms with van der Waals surface area (Å²) in [5.41, 5.74) is 4.28. The first-order chi connectivity index (χ1) is 18.5. The number of nitrogens with one attached hydrogen (secondary N) is 2. The van der Waals surface area contributed by atoms with Crippen molar-refractivity contribution in [2.75, 3.05) is 18.5 Å². The summed E-state index contributed by atoms with van der Waals surface area (Å²) < 4.78 is 21.8. The summed E-state index contributed by atoms with van der Waals surface area (Å²) in [4.78, 5) is 19.8. The molecule has 0 spiro atoms. The Morgan fingerprint density at radius 2 is 1.79 bits per heavy atom. The third-order valence-corrected chi connectivity index (χ3v) is 8.56. The van der Waals surface area contributed by atoms with Crippen LogP contribution in [0.3, 0.4) is 0 Å². The maximum atomic E-state index is 14.6. The average molecular weight is 517 g/mol. The molecular formula is C29H33FN6O2. The maximum absolute atomic E-state index is 14.6. The van der Waals surface area contributed by atoms with E-state index in [9.17, 15) is 9.18 Å². The van der Waals surface area contributed by atoms with E-state index in [0.717, 1.165) is 67.0 Å². The molecule has 3 aromatic rings. The Bertz CT molecular complexity index is 1350. The van der Waals surface area contributed by atoms with Crippen molar-refractivity contribution in [3.05, 3.63) is 59.9 Å². The van der Waals surface area contributed by atoms with Crippen molar-refractivity contribution in [2.45, 2.75) is 75.7 Å². The van der Waals surface area contributed by atoms with Gasteiger partial charge < -0.3 is 15.4 Å². The number of carbonyl (C=O) groups excluding carboxylic acids is 1. The topological polar surface area (TPSA) is 84.3 Å². The molecule has 2 aromatic heterocycles. The number of carbonyl (C=O) groups is 1. The van der Waals surface area contributed by atoms with E-state index in [2.05, 4.69) is 31.7 Å². The van der Waals surface area contributed by atoms with Gasteiger partial charge in [0.25, 0.3) is 5.91 Å². The van der Waals surface area contributed by atoms with Crippen LogP contribution in [0.2, 0.25) is 0 Å². The molecule has 7 rings (SSSR count). The Hall–Kier alpha value is -3.30. The third-order valence-electron chi connectivity index (χ3n) is 8.56. The molecule has 1 saturated carbocycles. The minimum Gasteiger partial charge on any atom is -0.381 e. The van der Waals surface area contributed by atoms with E-state index in [1.54, 1.807) is 23.1 Å². The van der Waals surface area contributed by atoms with Crippen molar-refractivity contribution < 1.29 is 13.9 Å². The molecule has 1 aromatic carbocycles. The van der Waals surface area contributed by atoms with Gasteiger partial charge in [0.15, 0.2) is 0 Å². The number of ether oxygens (including phenoxy) is 1. The SMILES string of the molecule is Cc1cc(F)c(C(=O)NC2CC2)cc1-c1cnn(-c2cncc(NC3CC4CCC(C3)N4C3COC3)c2)c1. The van der Waals surface area contributed by atoms with Crippen molar-refractivity contribution >= 4 is 11.6 Å². The number of aromatic nitrogens is 3. The van der Waals surface area contributed by atoms with E-state index >= 15 is 0 Å². The molecule has 198 valence electrons. The van der Waals surface area contributed by atoms with Crippen LogP contribution in [-0.2, 0) is 4.74 Å². The van der Waals surface area contributed by atoms with Crippen LogP contribution >= 0.6 is 0 Å². The fraction of sp³-hybridized carbons (Fsp3) is 0.483. The van der Waals surface area contributed by atoms with Gasteiger partial charge in [-0.2, -0.15) is 5.10 Å². The van der Waals surface area contributed by atoms with Crippen LogP contribution in [0.4, 0.5) is 10.1 Å². The van der Waals surface area contributed by atoms with E-state index < -0.39 is 5.82 Å². The number of pyridine rings is 1. The summed E-state index contributed by atoms with van der Waals surface area (Å²) >= 11 is 0. The summed E-state index contributed by atoms with van der Waals surface area (Å²) in [6.45, 7) is 3.62. The first-order valence-electron chi connectivity index (χ1n) is 13.7. The van der Waals surface area contributed by atoms with Gasteiger partial charge in [0.2, 0.25) is 0 Å². The van der Waals surface area contributed by atoms with Gasteiger partial charge in [0.05, 0.1) is 54.8 Å². The van der Waals surface area contributed by atoms with Crippen molar-refractivity contribution in [1.29, 1.82) is 0 Å². The third kappa shape index (κ3) is 4.47. The van der Waals surface area contributed by atoms with Crippen LogP contribution in [0.1, 0.15) is 54.4 Å². The zero-order valence-corrected chi connectivity index (χ0v) is 21.6. The number of rotatable bonds is 7. The van der Waals surface area contributed by atoms with Crippen molar-refractivity contribution in [3.8, 4) is 16.8 Å². The second-order valence-electron chi connectivity index (χ2n) is 11.3. The minimum absolute atomic E-state index is 0.0722. The van der Waals surface area contributed by atoms with Crippen molar-refractivity contribution in [3.63, 3.8) is 0 Å². The van der Waals surface area contributed by atoms with E-state index in [1.807, 2.05) is 19.3 Å². The lowest BCUT2D eigenvalue weighted by Gasteiger charge is -2.46. The molecule has 2 bridgehead atoms. The highest BCUT2D eigenvalue weighted by Crippen LogP contribution is 2.39. The monoisotopic (exact) mass is 516 g/mol. The van der Waals surface area contributed by atoms with Crippen LogP contribution in [-0.4, -0.2) is 69.0 Å². The highest BCUT2D eigenvalue weighted by atomic mass is 19.1. The zero-order valence-electron chi connectivity index (χ0n) is 21.6. The summed E-state index contributed by atoms with van der Waals surface area (Å²) in [5.74, 6) is -0.859. The number of piperidine rings is 1. The second-order valence-corrected chi connectivity index (χ2v) is 11.3. The number of benzene rings is 1. The molecule has 9 heteroatoms. The fourth-order valence-corrected chi connectivity index (χ4v) is 6.44. The number of halogens is 1. The van der Waals surface area contributed by atoms with Gasteiger partial charge in [-0.3, -0.25) is 14.7 Å². The van der Waals surface area contributed by atoms with E-state index in [0.29, 0.717) is 24.2 Å². The van der Waals surface area contributed by atoms with Gasteiger partial charge in [-0.1, -0.05) is 0 Å². The number of hydrogen-bond acceptors (Lipinski definition) is 6. The van der Waals surface area contributed by atoms with Crippen LogP contribution in [0.15, 0.2) is 43.0 Å². The van der Waals surface area contributed by atoms with Crippen molar-refractivity contribution in [2.24, 2.45) is 0 Å². The van der Waals surface area contributed by atoms with Gasteiger partial charge in [-0.05, 0) is 74.8 Å². The van der Waals surface area contributed by atoms with Gasteiger partial charge in [-0.25, -0.2) is 9.07 Å². The number of amides is 1. The molecule has 5 heterocycles. The molecule has 1 amide bonds. The Morgan fingerprint density at radius 3 is 2.50 bits per heavy atom. The lowest BCUT2D eigenvalue weighted by molar-refractivity contribution is -0.0917. The molecule has 3 saturated heterocycles. The normalized spacial score (nSPS) is 25.3. The zero-order chi connectivity index (χ0) is 25.8. The van der Waals surface area contributed by atoms with Crippen LogP contribution in [0.25, 0.3) is 16.8 Å². The molecule has 2 N–H and O–H groups in total. The first-order valence-corrected chi connectivity index (χ1v) is 13.7. The Balaban J connectivity index is 1.07. The number of anilines is 1. The number of aryl methyl sites for hydroxylation is 1. The smallest absolute Gasteiger partial charge is 0.254 e. The second kappa shape index (κ2) is 9.47. The van der Waals surface area contributed by atoms with E-state index in [-0.39, 0.29) is 17.5 Å². The van der Waals surface area contributed by atoms with E-state index in [1.165, 1.54) is 18.9 Å². The average Bonchev–Trinajstić information content (AvgIpc) is 3.48. The largest absolute Gasteiger partial charge is 0.381 e. The number of fused-ring (bicyclic) bond motifs is 2. The summed E-state index contributed by atoms with van der Waals surface area (Å²) in [7, 11) is 0. The number of hydrogen-bond donors (Lipinski definition) is 2. The van der Waals surface area contributed by atoms with Crippen LogP contribution in [0, 0.1) is 12.7 Å². The summed E-state index contributed by atoms with van der Waals surface area (Å²) in [6, 6.07) is 7.62. The molecule has 1 aliphatic carbocycles. The number of nitrogens with zero attached hydrogens (tertiary/aromatic N) is 4. The first kappa shape index (κ1) is 23.8. The quantitative estimate of drug-likeness (QED) is 0.492. The maximum Gasteiger partial charge on any atom is 0.254 e. The molecule has 4 fully saturated rings. The molecule has 3 aliphatic heterocycles. The summed E-state index contributed by atoms with van der Waals surface area (Å²) in [5, 5.41) is 11.2. The van der Waals surface area contributed by atoms with E-state index in [4.69, 9.17) is 4.74 Å². The molecule has 0 radical (unpaired) electrons. The predicted molar refractivity (Wildman–Crippen MR) is 142 cm³/mol. The van der Waals surface area contributed by atoms with Gasteiger partial charge >= 0.3 is 0 Å². The Morgan fingerprint density at radius 1 is 1.00 bits per heavy atom. The molecule has 2 atom stereocenters.